The average molecular weight is 778 g/mol. The quantitative estimate of drug-likeness (QED) is 0.0287. The number of amides is 3. The molecule has 2 aromatic carbocycles. The summed E-state index contributed by atoms with van der Waals surface area (Å²) in [5, 5.41) is 31.0. The molecule has 2 aromatic rings. The van der Waals surface area contributed by atoms with E-state index in [2.05, 4.69) is 26.0 Å². The van der Waals surface area contributed by atoms with Gasteiger partial charge in [0.2, 0.25) is 11.8 Å². The summed E-state index contributed by atoms with van der Waals surface area (Å²) in [7, 11) is 1.41. The standard InChI is InChI=1S/C36H51N5O14/c1-25(2)32(40-35(45)46)34(44)39-30(7-4-5-16-37-17-6-18-51-19-20-52-21-22-53-31(42)24-50-3)33(43)38-27-10-8-26(9-11-27)23-54-36(47)55-29-14-12-28(13-15-29)41(48)49/h8-15,25,30,32,37,40H,4-7,16-24H2,1-3H3,(H,38,43)(H,39,44)(H,45,46). The summed E-state index contributed by atoms with van der Waals surface area (Å²) in [5.74, 6) is -1.87. The van der Waals surface area contributed by atoms with E-state index in [1.54, 1.807) is 38.1 Å². The van der Waals surface area contributed by atoms with Gasteiger partial charge in [-0.1, -0.05) is 26.0 Å². The van der Waals surface area contributed by atoms with Crippen LogP contribution in [0.2, 0.25) is 0 Å². The number of hydrogen-bond donors (Lipinski definition) is 5. The third-order valence-electron chi connectivity index (χ3n) is 7.55. The average Bonchev–Trinajstić information content (AvgIpc) is 3.14. The molecule has 0 aliphatic heterocycles. The summed E-state index contributed by atoms with van der Waals surface area (Å²) >= 11 is 0. The third kappa shape index (κ3) is 20.0. The molecule has 19 nitrogen and oxygen atoms in total. The van der Waals surface area contributed by atoms with E-state index < -0.39 is 47.0 Å². The van der Waals surface area contributed by atoms with Gasteiger partial charge in [0.15, 0.2) is 0 Å². The van der Waals surface area contributed by atoms with Crippen LogP contribution in [0.3, 0.4) is 0 Å². The monoisotopic (exact) mass is 777 g/mol. The maximum atomic E-state index is 13.4. The molecule has 55 heavy (non-hydrogen) atoms. The molecule has 0 saturated heterocycles. The number of nitrogens with one attached hydrogen (secondary N) is 4. The molecule has 0 radical (unpaired) electrons. The number of benzene rings is 2. The summed E-state index contributed by atoms with van der Waals surface area (Å²) in [6, 6.07) is 9.30. The van der Waals surface area contributed by atoms with Crippen molar-refractivity contribution >= 4 is 41.4 Å². The van der Waals surface area contributed by atoms with Crippen LogP contribution in [0.1, 0.15) is 45.1 Å². The number of ether oxygens (including phenoxy) is 6. The number of carbonyl (C=O) groups excluding carboxylic acids is 4. The van der Waals surface area contributed by atoms with Crippen LogP contribution < -0.4 is 26.0 Å². The maximum absolute atomic E-state index is 13.4. The van der Waals surface area contributed by atoms with E-state index in [4.69, 9.17) is 23.7 Å². The van der Waals surface area contributed by atoms with Gasteiger partial charge >= 0.3 is 18.2 Å². The van der Waals surface area contributed by atoms with E-state index in [0.29, 0.717) is 57.0 Å². The lowest BCUT2D eigenvalue weighted by atomic mass is 10.0. The number of hydrogen-bond acceptors (Lipinski definition) is 14. The molecule has 0 heterocycles. The Kier molecular flexibility index (Phi) is 22.0. The number of nitro groups is 1. The van der Waals surface area contributed by atoms with E-state index in [-0.39, 0.29) is 50.2 Å². The van der Waals surface area contributed by atoms with Crippen molar-refractivity contribution in [1.29, 1.82) is 0 Å². The Hall–Kier alpha value is -5.37. The summed E-state index contributed by atoms with van der Waals surface area (Å²) < 4.78 is 30.5. The number of methoxy groups -OCH3 is 1. The zero-order chi connectivity index (χ0) is 40.4. The molecule has 2 unspecified atom stereocenters. The molecule has 2 rings (SSSR count). The van der Waals surface area contributed by atoms with Gasteiger partial charge in [0.25, 0.3) is 5.69 Å². The highest BCUT2D eigenvalue weighted by Gasteiger charge is 2.28. The Bertz CT molecular complexity index is 1490. The number of nitrogens with zero attached hydrogens (tertiary/aromatic N) is 1. The number of nitro benzene ring substituents is 1. The van der Waals surface area contributed by atoms with Crippen molar-refractivity contribution in [2.24, 2.45) is 5.92 Å². The second-order valence-corrected chi connectivity index (χ2v) is 12.3. The number of carbonyl (C=O) groups is 5. The van der Waals surface area contributed by atoms with Crippen molar-refractivity contribution in [1.82, 2.24) is 16.0 Å². The van der Waals surface area contributed by atoms with Crippen LogP contribution in [0.4, 0.5) is 21.0 Å². The van der Waals surface area contributed by atoms with Crippen LogP contribution in [0.5, 0.6) is 5.75 Å². The number of carboxylic acid groups (broad SMARTS) is 1. The smallest absolute Gasteiger partial charge is 0.465 e. The summed E-state index contributed by atoms with van der Waals surface area (Å²) in [5.41, 5.74) is 0.827. The normalized spacial score (nSPS) is 11.9. The molecule has 3 amide bonds. The van der Waals surface area contributed by atoms with Crippen molar-refractivity contribution in [3.63, 3.8) is 0 Å². The van der Waals surface area contributed by atoms with E-state index in [0.717, 1.165) is 6.42 Å². The maximum Gasteiger partial charge on any atom is 0.514 e. The van der Waals surface area contributed by atoms with Crippen molar-refractivity contribution in [3.8, 4) is 5.75 Å². The summed E-state index contributed by atoms with van der Waals surface area (Å²) in [6.07, 6.45) is -0.0474. The zero-order valence-electron chi connectivity index (χ0n) is 31.2. The van der Waals surface area contributed by atoms with Gasteiger partial charge in [-0.05, 0) is 74.5 Å². The van der Waals surface area contributed by atoms with E-state index in [1.807, 2.05) is 0 Å². The van der Waals surface area contributed by atoms with Gasteiger partial charge in [0, 0.05) is 31.5 Å². The fourth-order valence-electron chi connectivity index (χ4n) is 4.73. The first kappa shape index (κ1) is 45.8. The molecule has 0 aromatic heterocycles. The van der Waals surface area contributed by atoms with Gasteiger partial charge in [0.05, 0.1) is 24.7 Å². The Morgan fingerprint density at radius 1 is 0.800 bits per heavy atom. The molecular weight excluding hydrogens is 726 g/mol. The van der Waals surface area contributed by atoms with E-state index in [1.165, 1.54) is 31.4 Å². The molecule has 0 aliphatic rings. The van der Waals surface area contributed by atoms with Crippen LogP contribution >= 0.6 is 0 Å². The van der Waals surface area contributed by atoms with Crippen LogP contribution in [0.25, 0.3) is 0 Å². The Balaban J connectivity index is 1.78. The summed E-state index contributed by atoms with van der Waals surface area (Å²) in [4.78, 5) is 71.2. The van der Waals surface area contributed by atoms with Gasteiger partial charge in [-0.15, -0.1) is 0 Å². The van der Waals surface area contributed by atoms with Gasteiger partial charge in [-0.3, -0.25) is 19.7 Å². The highest BCUT2D eigenvalue weighted by molar-refractivity contribution is 5.98. The zero-order valence-corrected chi connectivity index (χ0v) is 31.2. The molecule has 0 aliphatic carbocycles. The molecule has 2 atom stereocenters. The predicted octanol–water partition coefficient (Wildman–Crippen LogP) is 3.40. The molecule has 0 bridgehead atoms. The highest BCUT2D eigenvalue weighted by Crippen LogP contribution is 2.18. The van der Waals surface area contributed by atoms with Crippen molar-refractivity contribution < 1.29 is 62.4 Å². The lowest BCUT2D eigenvalue weighted by Gasteiger charge is -2.24. The van der Waals surface area contributed by atoms with Gasteiger partial charge < -0.3 is 54.8 Å². The second kappa shape index (κ2) is 26.4. The number of rotatable bonds is 27. The van der Waals surface area contributed by atoms with Gasteiger partial charge in [0.1, 0.15) is 37.7 Å². The van der Waals surface area contributed by atoms with Crippen LogP contribution in [-0.4, -0.2) is 112 Å². The van der Waals surface area contributed by atoms with Crippen molar-refractivity contribution in [2.75, 3.05) is 65.2 Å². The number of unbranched alkanes of at least 4 members (excludes halogenated alkanes) is 1. The Labute approximate surface area is 318 Å². The molecular formula is C36H51N5O14. The van der Waals surface area contributed by atoms with Gasteiger partial charge in [-0.25, -0.2) is 14.4 Å². The van der Waals surface area contributed by atoms with Crippen LogP contribution in [-0.2, 0) is 44.7 Å². The summed E-state index contributed by atoms with van der Waals surface area (Å²) in [6.45, 7) is 6.21. The molecule has 0 spiro atoms. The van der Waals surface area contributed by atoms with Crippen molar-refractivity contribution in [3.05, 3.63) is 64.2 Å². The minimum absolute atomic E-state index is 0.0729. The highest BCUT2D eigenvalue weighted by atomic mass is 16.7. The number of anilines is 1. The SMILES string of the molecule is COCC(=O)OCCOCCOCCCNCCCCC(NC(=O)C(NC(=O)O)C(C)C)C(=O)Nc1ccc(COC(=O)Oc2ccc([N+](=O)[O-])cc2)cc1. The first-order valence-corrected chi connectivity index (χ1v) is 17.7. The minimum atomic E-state index is -1.36. The fourth-order valence-corrected chi connectivity index (χ4v) is 4.73. The predicted molar refractivity (Wildman–Crippen MR) is 197 cm³/mol. The van der Waals surface area contributed by atoms with Crippen LogP contribution in [0.15, 0.2) is 48.5 Å². The number of non-ortho nitro benzene ring substituents is 1. The van der Waals surface area contributed by atoms with Crippen LogP contribution in [0, 0.1) is 16.0 Å². The third-order valence-corrected chi connectivity index (χ3v) is 7.55. The van der Waals surface area contributed by atoms with E-state index in [9.17, 15) is 39.2 Å². The minimum Gasteiger partial charge on any atom is -0.465 e. The van der Waals surface area contributed by atoms with Gasteiger partial charge in [-0.2, -0.15) is 0 Å². The lowest BCUT2D eigenvalue weighted by molar-refractivity contribution is -0.384. The fraction of sp³-hybridized carbons (Fsp3) is 0.528. The topological polar surface area (TPSA) is 252 Å². The van der Waals surface area contributed by atoms with E-state index >= 15 is 0 Å². The first-order chi connectivity index (χ1) is 26.4. The molecule has 0 saturated carbocycles. The largest absolute Gasteiger partial charge is 0.514 e. The number of esters is 1. The molecule has 0 fully saturated rings. The first-order valence-electron chi connectivity index (χ1n) is 17.7. The van der Waals surface area contributed by atoms with Crippen molar-refractivity contribution in [2.45, 2.75) is 58.2 Å². The Morgan fingerprint density at radius 2 is 1.45 bits per heavy atom. The molecule has 5 N–H and O–H groups in total. The second-order valence-electron chi connectivity index (χ2n) is 12.3. The molecule has 304 valence electrons. The Morgan fingerprint density at radius 3 is 2.09 bits per heavy atom. The molecule has 19 heteroatoms. The lowest BCUT2D eigenvalue weighted by Crippen LogP contribution is -2.54.